The number of nitrogens with one attached hydrogen (secondary N) is 1. The molecule has 0 unspecified atom stereocenters. The second-order valence-corrected chi connectivity index (χ2v) is 11.8. The van der Waals surface area contributed by atoms with Crippen LogP contribution in [0.4, 0.5) is 5.69 Å². The van der Waals surface area contributed by atoms with Crippen LogP contribution in [0.15, 0.2) is 24.3 Å². The summed E-state index contributed by atoms with van der Waals surface area (Å²) in [5.74, 6) is 0.881. The van der Waals surface area contributed by atoms with Crippen LogP contribution in [-0.4, -0.2) is 144 Å². The lowest BCUT2D eigenvalue weighted by Gasteiger charge is -2.47. The van der Waals surface area contributed by atoms with Crippen molar-refractivity contribution in [1.82, 2.24) is 10.2 Å². The third kappa shape index (κ3) is 8.66. The zero-order valence-electron chi connectivity index (χ0n) is 21.8. The van der Waals surface area contributed by atoms with Crippen LogP contribution in [0, 0.1) is 0 Å². The van der Waals surface area contributed by atoms with Gasteiger partial charge in [-0.1, -0.05) is 5.24 Å². The Labute approximate surface area is 199 Å². The van der Waals surface area contributed by atoms with E-state index < -0.39 is 10.8 Å². The van der Waals surface area contributed by atoms with E-state index in [0.29, 0.717) is 0 Å². The van der Waals surface area contributed by atoms with E-state index in [-0.39, 0.29) is 10.5 Å². The van der Waals surface area contributed by atoms with Crippen molar-refractivity contribution in [1.29, 1.82) is 0 Å². The van der Waals surface area contributed by atoms with Gasteiger partial charge in [0.05, 0.1) is 5.40 Å². The smallest absolute Gasteiger partial charge is 0.148 e. The minimum atomic E-state index is -0.464. The van der Waals surface area contributed by atoms with Crippen LogP contribution in [0.5, 0.6) is 5.75 Å². The number of hydrogen-bond donors (Lipinski definition) is 1. The summed E-state index contributed by atoms with van der Waals surface area (Å²) in [6.07, 6.45) is 0. The summed E-state index contributed by atoms with van der Waals surface area (Å²) in [5.41, 5.74) is 1.27. The largest absolute Gasteiger partial charge is 0.504 e. The topological polar surface area (TPSA) is 37.0 Å². The Morgan fingerprint density at radius 3 is 1.81 bits per heavy atom. The first-order chi connectivity index (χ1) is 14.1. The minimum absolute atomic E-state index is 0.189. The van der Waals surface area contributed by atoms with Gasteiger partial charge in [-0.05, 0) is 29.6 Å². The molecule has 1 aromatic rings. The van der Waals surface area contributed by atoms with Gasteiger partial charge in [-0.25, -0.2) is 0 Å². The molecule has 1 saturated heterocycles. The van der Waals surface area contributed by atoms with Crippen molar-refractivity contribution in [3.63, 3.8) is 0 Å². The van der Waals surface area contributed by atoms with Crippen molar-refractivity contribution >= 4 is 84.2 Å². The highest BCUT2D eigenvalue weighted by Crippen LogP contribution is 2.27. The van der Waals surface area contributed by atoms with Gasteiger partial charge in [0.1, 0.15) is 84.2 Å². The molecule has 0 atom stereocenters. The molecule has 0 saturated carbocycles. The number of anilines is 1. The fourth-order valence-corrected chi connectivity index (χ4v) is 3.85. The van der Waals surface area contributed by atoms with Crippen LogP contribution in [0.25, 0.3) is 0 Å². The first kappa shape index (κ1) is 26.6. The van der Waals surface area contributed by atoms with E-state index in [4.69, 9.17) is 9.47 Å². The number of rotatable bonds is 10. The number of piperazine rings is 1. The quantitative estimate of drug-likeness (QED) is 0.387. The van der Waals surface area contributed by atoms with Gasteiger partial charge in [-0.3, -0.25) is 4.90 Å². The van der Waals surface area contributed by atoms with Crippen LogP contribution in [0.3, 0.4) is 0 Å². The van der Waals surface area contributed by atoms with Gasteiger partial charge in [-0.2, -0.15) is 0 Å². The maximum Gasteiger partial charge on any atom is 0.148 e. The Bertz CT molecular complexity index is 701. The van der Waals surface area contributed by atoms with Crippen molar-refractivity contribution in [2.45, 2.75) is 21.3 Å². The molecule has 0 amide bonds. The second kappa shape index (κ2) is 10.1. The Morgan fingerprint density at radius 1 is 0.774 bits per heavy atom. The fourth-order valence-electron chi connectivity index (χ4n) is 3.85. The maximum absolute atomic E-state index is 6.38. The van der Waals surface area contributed by atoms with E-state index in [2.05, 4.69) is 118 Å². The highest BCUT2D eigenvalue weighted by atomic mass is 16.6. The molecule has 0 bridgehead atoms. The number of hydrogen-bond acceptors (Lipinski definition) is 5. The SMILES string of the molecule is BC(B)(B)NCCN1CCN(c2ccc(OC(B)(B)C(B)(B)OC(B)(B)B)cc2)CC1. The van der Waals surface area contributed by atoms with Crippen molar-refractivity contribution in [2.75, 3.05) is 44.2 Å². The van der Waals surface area contributed by atoms with Gasteiger partial charge in [0.2, 0.25) is 0 Å². The van der Waals surface area contributed by atoms with Gasteiger partial charge >= 0.3 is 0 Å². The molecule has 2 rings (SSSR count). The van der Waals surface area contributed by atoms with Crippen LogP contribution in [0.2, 0.25) is 0 Å². The monoisotopic (exact) mass is 413 g/mol. The highest BCUT2D eigenvalue weighted by Gasteiger charge is 2.41. The summed E-state index contributed by atoms with van der Waals surface area (Å²) in [6, 6.07) is 8.54. The molecule has 0 radical (unpaired) electrons. The normalized spacial score (nSPS) is 16.8. The van der Waals surface area contributed by atoms with E-state index in [1.54, 1.807) is 0 Å². The van der Waals surface area contributed by atoms with Crippen LogP contribution in [0.1, 0.15) is 0 Å². The number of nitrogens with zero attached hydrogens (tertiary/aromatic N) is 2. The first-order valence-electron chi connectivity index (χ1n) is 11.8. The van der Waals surface area contributed by atoms with Crippen LogP contribution in [-0.2, 0) is 4.74 Å². The predicted molar refractivity (Wildman–Crippen MR) is 161 cm³/mol. The summed E-state index contributed by atoms with van der Waals surface area (Å²) in [4.78, 5) is 5.02. The molecular weight excluding hydrogens is 374 g/mol. The lowest BCUT2D eigenvalue weighted by molar-refractivity contribution is 0.00241. The van der Waals surface area contributed by atoms with Gasteiger partial charge < -0.3 is 19.7 Å². The van der Waals surface area contributed by atoms with Crippen molar-refractivity contribution in [3.8, 4) is 5.75 Å². The van der Waals surface area contributed by atoms with E-state index in [0.717, 1.165) is 45.0 Å². The standard InChI is InChI=1S/C16H37B10N3O2/c17-13(18,14(19,20)31-16(24,25)26)30-12-3-1-11(2-4-12)29-9-7-28(8-10-29)6-5-27-15(21,22)23/h1-4,27H,5-10,17-26H2. The molecule has 15 heteroatoms. The minimum Gasteiger partial charge on any atom is -0.504 e. The third-order valence-electron chi connectivity index (χ3n) is 6.04. The van der Waals surface area contributed by atoms with Gasteiger partial charge in [-0.15, -0.1) is 0 Å². The zero-order chi connectivity index (χ0) is 23.5. The summed E-state index contributed by atoms with van der Waals surface area (Å²) in [5, 5.41) is 2.65. The fraction of sp³-hybridized carbons (Fsp3) is 0.625. The molecule has 0 aliphatic carbocycles. The van der Waals surface area contributed by atoms with E-state index in [1.165, 1.54) is 5.69 Å². The Morgan fingerprint density at radius 2 is 1.32 bits per heavy atom. The highest BCUT2D eigenvalue weighted by molar-refractivity contribution is 6.60. The Hall–Kier alpha value is -0.651. The first-order valence-corrected chi connectivity index (χ1v) is 11.8. The number of ether oxygens (including phenoxy) is 2. The van der Waals surface area contributed by atoms with Crippen molar-refractivity contribution in [2.24, 2.45) is 0 Å². The van der Waals surface area contributed by atoms with E-state index in [1.807, 2.05) is 0 Å². The molecular formula is C16H37B10N3O2. The van der Waals surface area contributed by atoms with Gasteiger partial charge in [0.15, 0.2) is 0 Å². The van der Waals surface area contributed by atoms with Crippen molar-refractivity contribution < 1.29 is 9.47 Å². The van der Waals surface area contributed by atoms with Crippen LogP contribution >= 0.6 is 0 Å². The van der Waals surface area contributed by atoms with Crippen LogP contribution < -0.4 is 15.0 Å². The molecule has 1 N–H and O–H groups in total. The van der Waals surface area contributed by atoms with E-state index in [9.17, 15) is 0 Å². The van der Waals surface area contributed by atoms with Crippen molar-refractivity contribution in [3.05, 3.63) is 24.3 Å². The summed E-state index contributed by atoms with van der Waals surface area (Å²) >= 11 is 0. The molecule has 31 heavy (non-hydrogen) atoms. The molecule has 1 aliphatic heterocycles. The molecule has 1 aromatic carbocycles. The summed E-state index contributed by atoms with van der Waals surface area (Å²) < 4.78 is 12.7. The average Bonchev–Trinajstić information content (AvgIpc) is 2.59. The predicted octanol–water partition coefficient (Wildman–Crippen LogP) is -9.35. The molecule has 1 heterocycles. The lowest BCUT2D eigenvalue weighted by atomic mass is 9.40. The molecule has 1 aliphatic rings. The van der Waals surface area contributed by atoms with E-state index >= 15 is 0 Å². The second-order valence-electron chi connectivity index (χ2n) is 11.8. The average molecular weight is 412 g/mol. The zero-order valence-corrected chi connectivity index (χ0v) is 21.8. The molecule has 0 aromatic heterocycles. The lowest BCUT2D eigenvalue weighted by Crippen LogP contribution is -2.65. The summed E-state index contributed by atoms with van der Waals surface area (Å²) in [7, 11) is 21.3. The Kier molecular flexibility index (Phi) is 8.66. The maximum atomic E-state index is 6.38. The third-order valence-corrected chi connectivity index (χ3v) is 6.04. The number of benzene rings is 1. The van der Waals surface area contributed by atoms with Gasteiger partial charge in [0.25, 0.3) is 0 Å². The summed E-state index contributed by atoms with van der Waals surface area (Å²) in [6.45, 7) is 6.49. The molecule has 0 spiro atoms. The Balaban J connectivity index is 1.88. The molecule has 1 fully saturated rings. The molecule has 158 valence electrons. The van der Waals surface area contributed by atoms with Gasteiger partial charge in [0, 0.05) is 50.4 Å². The molecule has 5 nitrogen and oxygen atoms in total.